The lowest BCUT2D eigenvalue weighted by molar-refractivity contribution is -0.340. The van der Waals surface area contributed by atoms with Crippen LogP contribution in [0.2, 0.25) is 0 Å². The molecule has 0 saturated heterocycles. The maximum atomic E-state index is 12.4. The number of ether oxygens (including phenoxy) is 1. The lowest BCUT2D eigenvalue weighted by Crippen LogP contribution is -2.63. The monoisotopic (exact) mass is 186 g/mol. The zero-order valence-corrected chi connectivity index (χ0v) is 6.62. The summed E-state index contributed by atoms with van der Waals surface area (Å²) in [7, 11) is 0. The van der Waals surface area contributed by atoms with E-state index in [9.17, 15) is 17.6 Å². The zero-order chi connectivity index (χ0) is 9.41. The molecule has 1 unspecified atom stereocenters. The summed E-state index contributed by atoms with van der Waals surface area (Å²) in [5, 5.41) is 0. The van der Waals surface area contributed by atoms with Crippen LogP contribution in [0.4, 0.5) is 17.6 Å². The maximum absolute atomic E-state index is 12.4. The predicted molar refractivity (Wildman–Crippen MR) is 34.5 cm³/mol. The van der Waals surface area contributed by atoms with Gasteiger partial charge in [-0.2, -0.15) is 17.6 Å². The van der Waals surface area contributed by atoms with Crippen LogP contribution in [0, 0.1) is 0 Å². The molecule has 0 amide bonds. The fourth-order valence-corrected chi connectivity index (χ4v) is 1.03. The molecule has 0 bridgehead atoms. The predicted octanol–water partition coefficient (Wildman–Crippen LogP) is 2.46. The number of alkyl halides is 4. The molecular weight excluding hydrogens is 176 g/mol. The summed E-state index contributed by atoms with van der Waals surface area (Å²) >= 11 is 0. The summed E-state index contributed by atoms with van der Waals surface area (Å²) in [5.41, 5.74) is 0. The van der Waals surface area contributed by atoms with Crippen LogP contribution >= 0.6 is 0 Å². The topological polar surface area (TPSA) is 9.23 Å². The molecule has 0 heterocycles. The van der Waals surface area contributed by atoms with Crippen LogP contribution in [-0.2, 0) is 4.74 Å². The first kappa shape index (κ1) is 9.77. The van der Waals surface area contributed by atoms with Gasteiger partial charge in [0.1, 0.15) is 6.10 Å². The van der Waals surface area contributed by atoms with Gasteiger partial charge in [-0.25, -0.2) is 0 Å². The highest BCUT2D eigenvalue weighted by molar-refractivity contribution is 5.04. The second kappa shape index (κ2) is 2.87. The third-order valence-electron chi connectivity index (χ3n) is 1.86. The van der Waals surface area contributed by atoms with Crippen LogP contribution < -0.4 is 0 Å². The highest BCUT2D eigenvalue weighted by atomic mass is 19.3. The lowest BCUT2D eigenvalue weighted by atomic mass is 9.85. The Kier molecular flexibility index (Phi) is 2.33. The van der Waals surface area contributed by atoms with Gasteiger partial charge in [-0.1, -0.05) is 6.92 Å². The van der Waals surface area contributed by atoms with Crippen molar-refractivity contribution in [2.24, 2.45) is 0 Å². The van der Waals surface area contributed by atoms with E-state index in [1.165, 1.54) is 0 Å². The third kappa shape index (κ3) is 1.30. The Morgan fingerprint density at radius 1 is 1.33 bits per heavy atom. The van der Waals surface area contributed by atoms with Crippen molar-refractivity contribution in [3.05, 3.63) is 0 Å². The Morgan fingerprint density at radius 3 is 2.25 bits per heavy atom. The van der Waals surface area contributed by atoms with Crippen molar-refractivity contribution in [3.63, 3.8) is 0 Å². The van der Waals surface area contributed by atoms with Gasteiger partial charge in [-0.05, 0) is 6.42 Å². The minimum atomic E-state index is -3.97. The van der Waals surface area contributed by atoms with E-state index in [4.69, 9.17) is 0 Å². The van der Waals surface area contributed by atoms with Gasteiger partial charge >= 0.3 is 11.8 Å². The van der Waals surface area contributed by atoms with E-state index in [-0.39, 0.29) is 6.61 Å². The summed E-state index contributed by atoms with van der Waals surface area (Å²) in [6, 6.07) is 0. The first-order valence-electron chi connectivity index (χ1n) is 3.79. The largest absolute Gasteiger partial charge is 0.371 e. The van der Waals surface area contributed by atoms with Gasteiger partial charge in [0.2, 0.25) is 0 Å². The summed E-state index contributed by atoms with van der Waals surface area (Å²) in [6.07, 6.45) is -1.90. The normalized spacial score (nSPS) is 31.2. The molecule has 1 nitrogen and oxygen atoms in total. The molecule has 1 atom stereocenters. The molecule has 0 N–H and O–H groups in total. The summed E-state index contributed by atoms with van der Waals surface area (Å²) in [4.78, 5) is 0. The first-order valence-corrected chi connectivity index (χ1v) is 3.79. The van der Waals surface area contributed by atoms with Crippen molar-refractivity contribution in [2.45, 2.75) is 37.7 Å². The lowest BCUT2D eigenvalue weighted by Gasteiger charge is -2.43. The number of rotatable bonds is 3. The van der Waals surface area contributed by atoms with Crippen molar-refractivity contribution in [1.29, 1.82) is 0 Å². The molecule has 0 aliphatic heterocycles. The van der Waals surface area contributed by atoms with Gasteiger partial charge in [0.15, 0.2) is 0 Å². The Labute approximate surface area is 67.7 Å². The van der Waals surface area contributed by atoms with E-state index in [2.05, 4.69) is 4.74 Å². The van der Waals surface area contributed by atoms with E-state index in [1.807, 2.05) is 0 Å². The average molecular weight is 186 g/mol. The summed E-state index contributed by atoms with van der Waals surface area (Å²) < 4.78 is 53.7. The minimum absolute atomic E-state index is 0.107. The van der Waals surface area contributed by atoms with Crippen LogP contribution in [0.5, 0.6) is 0 Å². The Morgan fingerprint density at radius 2 is 1.92 bits per heavy atom. The van der Waals surface area contributed by atoms with E-state index in [1.54, 1.807) is 6.92 Å². The fourth-order valence-electron chi connectivity index (χ4n) is 1.03. The molecule has 1 aliphatic carbocycles. The second-order valence-electron chi connectivity index (χ2n) is 2.89. The molecule has 0 aromatic rings. The standard InChI is InChI=1S/C7H10F4O/c1-2-3-12-5-4-6(8,9)7(5,10)11/h5H,2-4H2,1H3. The summed E-state index contributed by atoms with van der Waals surface area (Å²) in [6.45, 7) is 1.84. The molecule has 1 rings (SSSR count). The number of halogens is 4. The highest BCUT2D eigenvalue weighted by Gasteiger charge is 2.72. The highest BCUT2D eigenvalue weighted by Crippen LogP contribution is 2.52. The molecule has 1 aliphatic rings. The molecule has 12 heavy (non-hydrogen) atoms. The van der Waals surface area contributed by atoms with Crippen molar-refractivity contribution in [1.82, 2.24) is 0 Å². The van der Waals surface area contributed by atoms with Crippen LogP contribution in [0.3, 0.4) is 0 Å². The smallest absolute Gasteiger partial charge is 0.335 e. The molecule has 1 fully saturated rings. The van der Waals surface area contributed by atoms with Crippen LogP contribution in [0.15, 0.2) is 0 Å². The molecule has 0 aromatic heterocycles. The van der Waals surface area contributed by atoms with Crippen molar-refractivity contribution in [2.75, 3.05) is 6.61 Å². The van der Waals surface area contributed by atoms with Crippen molar-refractivity contribution in [3.8, 4) is 0 Å². The molecular formula is C7H10F4O. The van der Waals surface area contributed by atoms with Gasteiger partial charge in [0.05, 0.1) is 6.42 Å². The number of hydrogen-bond donors (Lipinski definition) is 0. The van der Waals surface area contributed by atoms with Gasteiger partial charge in [0.25, 0.3) is 0 Å². The van der Waals surface area contributed by atoms with E-state index in [0.29, 0.717) is 6.42 Å². The summed E-state index contributed by atoms with van der Waals surface area (Å²) in [5.74, 6) is -7.84. The maximum Gasteiger partial charge on any atom is 0.335 e. The molecule has 5 heteroatoms. The molecule has 0 radical (unpaired) electrons. The van der Waals surface area contributed by atoms with Gasteiger partial charge in [-0.3, -0.25) is 0 Å². The second-order valence-corrected chi connectivity index (χ2v) is 2.89. The quantitative estimate of drug-likeness (QED) is 0.615. The van der Waals surface area contributed by atoms with Gasteiger partial charge < -0.3 is 4.74 Å². The Bertz CT molecular complexity index is 169. The Balaban J connectivity index is 2.43. The van der Waals surface area contributed by atoms with E-state index >= 15 is 0 Å². The first-order chi connectivity index (χ1) is 5.42. The molecule has 1 saturated carbocycles. The van der Waals surface area contributed by atoms with Crippen LogP contribution in [0.25, 0.3) is 0 Å². The zero-order valence-electron chi connectivity index (χ0n) is 6.62. The van der Waals surface area contributed by atoms with E-state index in [0.717, 1.165) is 0 Å². The van der Waals surface area contributed by atoms with Crippen LogP contribution in [-0.4, -0.2) is 24.6 Å². The van der Waals surface area contributed by atoms with Gasteiger partial charge in [-0.15, -0.1) is 0 Å². The Hall–Kier alpha value is -0.320. The molecule has 0 spiro atoms. The van der Waals surface area contributed by atoms with Crippen LogP contribution in [0.1, 0.15) is 19.8 Å². The van der Waals surface area contributed by atoms with Gasteiger partial charge in [0, 0.05) is 6.61 Å². The average Bonchev–Trinajstić information content (AvgIpc) is 1.97. The fraction of sp³-hybridized carbons (Fsp3) is 1.00. The number of hydrogen-bond acceptors (Lipinski definition) is 1. The van der Waals surface area contributed by atoms with Crippen molar-refractivity contribution < 1.29 is 22.3 Å². The minimum Gasteiger partial charge on any atom is -0.371 e. The molecule has 0 aromatic carbocycles. The third-order valence-corrected chi connectivity index (χ3v) is 1.86. The SMILES string of the molecule is CCCOC1CC(F)(F)C1(F)F. The van der Waals surface area contributed by atoms with Crippen molar-refractivity contribution >= 4 is 0 Å². The molecule has 72 valence electrons. The van der Waals surface area contributed by atoms with E-state index < -0.39 is 24.4 Å².